The Morgan fingerprint density at radius 3 is 2.85 bits per heavy atom. The van der Waals surface area contributed by atoms with Gasteiger partial charge in [-0.05, 0) is 49.3 Å². The summed E-state index contributed by atoms with van der Waals surface area (Å²) >= 11 is 0. The average molecular weight is 275 g/mol. The Bertz CT molecular complexity index is 396. The first-order valence-corrected chi connectivity index (χ1v) is 8.14. The average Bonchev–Trinajstić information content (AvgIpc) is 2.93. The lowest BCUT2D eigenvalue weighted by Gasteiger charge is -2.25. The zero-order valence-corrected chi connectivity index (χ0v) is 13.2. The summed E-state index contributed by atoms with van der Waals surface area (Å²) in [6, 6.07) is 9.41. The van der Waals surface area contributed by atoms with Crippen molar-refractivity contribution in [1.82, 2.24) is 5.32 Å². The minimum atomic E-state index is 0.343. The van der Waals surface area contributed by atoms with Crippen LogP contribution >= 0.6 is 0 Å². The van der Waals surface area contributed by atoms with Gasteiger partial charge in [0.05, 0.1) is 12.1 Å². The molecule has 0 aromatic heterocycles. The van der Waals surface area contributed by atoms with Crippen LogP contribution in [0, 0.1) is 5.92 Å². The monoisotopic (exact) mass is 275 g/mol. The Kier molecular flexibility index (Phi) is 6.06. The van der Waals surface area contributed by atoms with Gasteiger partial charge in [0, 0.05) is 6.61 Å². The normalized spacial score (nSPS) is 20.5. The molecule has 1 heterocycles. The summed E-state index contributed by atoms with van der Waals surface area (Å²) in [5, 5.41) is 3.68. The summed E-state index contributed by atoms with van der Waals surface area (Å²) in [7, 11) is 0. The molecule has 0 bridgehead atoms. The van der Waals surface area contributed by atoms with Gasteiger partial charge in [-0.15, -0.1) is 0 Å². The Hall–Kier alpha value is -0.860. The molecule has 1 fully saturated rings. The van der Waals surface area contributed by atoms with Gasteiger partial charge in [-0.3, -0.25) is 0 Å². The van der Waals surface area contributed by atoms with Crippen molar-refractivity contribution in [2.75, 3.05) is 13.2 Å². The molecule has 1 aromatic rings. The first kappa shape index (κ1) is 15.5. The van der Waals surface area contributed by atoms with Crippen LogP contribution in [-0.4, -0.2) is 19.3 Å². The molecule has 1 N–H and O–H groups in total. The molecule has 2 heteroatoms. The second-order valence-corrected chi connectivity index (χ2v) is 6.33. The molecule has 2 atom stereocenters. The van der Waals surface area contributed by atoms with E-state index in [1.165, 1.54) is 24.0 Å². The molecule has 112 valence electrons. The van der Waals surface area contributed by atoms with Gasteiger partial charge in [0.2, 0.25) is 0 Å². The lowest BCUT2D eigenvalue weighted by molar-refractivity contribution is 0.0783. The van der Waals surface area contributed by atoms with E-state index in [0.29, 0.717) is 18.1 Å². The highest BCUT2D eigenvalue weighted by Crippen LogP contribution is 2.28. The molecule has 1 aliphatic rings. The minimum Gasteiger partial charge on any atom is -0.376 e. The van der Waals surface area contributed by atoms with Crippen LogP contribution in [-0.2, 0) is 11.2 Å². The van der Waals surface area contributed by atoms with E-state index in [2.05, 4.69) is 50.4 Å². The van der Waals surface area contributed by atoms with E-state index < -0.39 is 0 Å². The number of nitrogens with one attached hydrogen (secondary N) is 1. The van der Waals surface area contributed by atoms with Gasteiger partial charge in [0.15, 0.2) is 0 Å². The van der Waals surface area contributed by atoms with E-state index in [-0.39, 0.29) is 0 Å². The third-order valence-electron chi connectivity index (χ3n) is 3.91. The van der Waals surface area contributed by atoms with Gasteiger partial charge >= 0.3 is 0 Å². The van der Waals surface area contributed by atoms with Gasteiger partial charge in [-0.25, -0.2) is 0 Å². The van der Waals surface area contributed by atoms with Crippen LogP contribution in [0.2, 0.25) is 0 Å². The summed E-state index contributed by atoms with van der Waals surface area (Å²) in [5.74, 6) is 0.704. The van der Waals surface area contributed by atoms with E-state index >= 15 is 0 Å². The number of hydrogen-bond acceptors (Lipinski definition) is 2. The second-order valence-electron chi connectivity index (χ2n) is 6.33. The largest absolute Gasteiger partial charge is 0.376 e. The molecule has 20 heavy (non-hydrogen) atoms. The van der Waals surface area contributed by atoms with E-state index in [1.54, 1.807) is 0 Å². The third kappa shape index (κ3) is 4.32. The van der Waals surface area contributed by atoms with Crippen molar-refractivity contribution in [3.8, 4) is 0 Å². The molecular formula is C18H29NO. The summed E-state index contributed by atoms with van der Waals surface area (Å²) in [6.45, 7) is 8.74. The molecule has 0 radical (unpaired) electrons. The molecule has 2 rings (SSSR count). The molecule has 0 saturated carbocycles. The lowest BCUT2D eigenvalue weighted by atomic mass is 9.95. The van der Waals surface area contributed by atoms with Crippen LogP contribution in [0.1, 0.15) is 57.2 Å². The predicted molar refractivity (Wildman–Crippen MR) is 85.0 cm³/mol. The SMILES string of the molecule is CCCNC(c1cccc(CC(C)C)c1)C1CCCO1. The van der Waals surface area contributed by atoms with Gasteiger partial charge in [-0.2, -0.15) is 0 Å². The fraction of sp³-hybridized carbons (Fsp3) is 0.667. The molecule has 1 aliphatic heterocycles. The molecule has 1 aromatic carbocycles. The Morgan fingerprint density at radius 2 is 2.20 bits per heavy atom. The summed E-state index contributed by atoms with van der Waals surface area (Å²) in [4.78, 5) is 0. The van der Waals surface area contributed by atoms with E-state index in [9.17, 15) is 0 Å². The standard InChI is InChI=1S/C18H29NO/c1-4-10-19-18(17-9-6-11-20-17)16-8-5-7-15(13-16)12-14(2)3/h5,7-8,13-14,17-19H,4,6,9-12H2,1-3H3. The Balaban J connectivity index is 2.14. The molecule has 0 spiro atoms. The molecule has 2 unspecified atom stereocenters. The van der Waals surface area contributed by atoms with Crippen LogP contribution in [0.5, 0.6) is 0 Å². The lowest BCUT2D eigenvalue weighted by Crippen LogP contribution is -2.32. The quantitative estimate of drug-likeness (QED) is 0.808. The Labute approximate surface area is 123 Å². The minimum absolute atomic E-state index is 0.343. The van der Waals surface area contributed by atoms with Crippen molar-refractivity contribution in [1.29, 1.82) is 0 Å². The van der Waals surface area contributed by atoms with Crippen LogP contribution in [0.15, 0.2) is 24.3 Å². The maximum Gasteiger partial charge on any atom is 0.0770 e. The van der Waals surface area contributed by atoms with Crippen LogP contribution in [0.25, 0.3) is 0 Å². The first-order chi connectivity index (χ1) is 9.70. The molecular weight excluding hydrogens is 246 g/mol. The van der Waals surface area contributed by atoms with Crippen LogP contribution in [0.4, 0.5) is 0 Å². The topological polar surface area (TPSA) is 21.3 Å². The molecule has 2 nitrogen and oxygen atoms in total. The van der Waals surface area contributed by atoms with Crippen molar-refractivity contribution in [2.45, 2.75) is 58.6 Å². The van der Waals surface area contributed by atoms with Crippen molar-refractivity contribution >= 4 is 0 Å². The predicted octanol–water partition coefficient (Wildman–Crippen LogP) is 4.10. The second kappa shape index (κ2) is 7.80. The fourth-order valence-electron chi connectivity index (χ4n) is 3.01. The summed E-state index contributed by atoms with van der Waals surface area (Å²) in [6.07, 6.45) is 5.03. The van der Waals surface area contributed by atoms with Gasteiger partial charge in [0.25, 0.3) is 0 Å². The summed E-state index contributed by atoms with van der Waals surface area (Å²) < 4.78 is 5.93. The number of ether oxygens (including phenoxy) is 1. The van der Waals surface area contributed by atoms with Crippen molar-refractivity contribution < 1.29 is 4.74 Å². The van der Waals surface area contributed by atoms with Crippen molar-refractivity contribution in [3.63, 3.8) is 0 Å². The smallest absolute Gasteiger partial charge is 0.0770 e. The van der Waals surface area contributed by atoms with Crippen molar-refractivity contribution in [3.05, 3.63) is 35.4 Å². The number of benzene rings is 1. The maximum atomic E-state index is 5.93. The van der Waals surface area contributed by atoms with Crippen LogP contribution in [0.3, 0.4) is 0 Å². The zero-order chi connectivity index (χ0) is 14.4. The zero-order valence-electron chi connectivity index (χ0n) is 13.2. The third-order valence-corrected chi connectivity index (χ3v) is 3.91. The summed E-state index contributed by atoms with van der Waals surface area (Å²) in [5.41, 5.74) is 2.84. The van der Waals surface area contributed by atoms with E-state index in [0.717, 1.165) is 26.0 Å². The molecule has 0 aliphatic carbocycles. The van der Waals surface area contributed by atoms with Crippen molar-refractivity contribution in [2.24, 2.45) is 5.92 Å². The highest BCUT2D eigenvalue weighted by atomic mass is 16.5. The van der Waals surface area contributed by atoms with E-state index in [4.69, 9.17) is 4.74 Å². The van der Waals surface area contributed by atoms with Gasteiger partial charge < -0.3 is 10.1 Å². The fourth-order valence-corrected chi connectivity index (χ4v) is 3.01. The first-order valence-electron chi connectivity index (χ1n) is 8.14. The Morgan fingerprint density at radius 1 is 1.35 bits per heavy atom. The highest BCUT2D eigenvalue weighted by molar-refractivity contribution is 5.27. The van der Waals surface area contributed by atoms with Gasteiger partial charge in [-0.1, -0.05) is 45.0 Å². The molecule has 0 amide bonds. The number of rotatable bonds is 7. The molecule has 1 saturated heterocycles. The van der Waals surface area contributed by atoms with Gasteiger partial charge in [0.1, 0.15) is 0 Å². The highest BCUT2D eigenvalue weighted by Gasteiger charge is 2.26. The van der Waals surface area contributed by atoms with E-state index in [1.807, 2.05) is 0 Å². The number of hydrogen-bond donors (Lipinski definition) is 1. The van der Waals surface area contributed by atoms with Crippen LogP contribution < -0.4 is 5.32 Å². The maximum absolute atomic E-state index is 5.93.